The average Bonchev–Trinajstić information content (AvgIpc) is 3.50. The molecular formula is C25H38FN5O4. The van der Waals surface area contributed by atoms with Gasteiger partial charge in [0.25, 0.3) is 5.91 Å². The Morgan fingerprint density at radius 2 is 1.80 bits per heavy atom. The number of rotatable bonds is 8. The molecule has 2 fully saturated rings. The molecule has 3 rings (SSSR count). The van der Waals surface area contributed by atoms with E-state index in [2.05, 4.69) is 15.5 Å². The van der Waals surface area contributed by atoms with E-state index < -0.39 is 35.1 Å². The molecule has 1 saturated heterocycles. The molecule has 1 aliphatic carbocycles. The molecule has 4 N–H and O–H groups in total. The molecular weight excluding hydrogens is 453 g/mol. The molecule has 1 aromatic rings. The highest BCUT2D eigenvalue weighted by Crippen LogP contribution is 2.30. The molecule has 1 atom stereocenters. The second-order valence-electron chi connectivity index (χ2n) is 10.7. The van der Waals surface area contributed by atoms with E-state index in [0.717, 1.165) is 57.3 Å². The van der Waals surface area contributed by atoms with Crippen LogP contribution >= 0.6 is 0 Å². The Morgan fingerprint density at radius 3 is 2.40 bits per heavy atom. The van der Waals surface area contributed by atoms with Crippen LogP contribution in [-0.2, 0) is 9.59 Å². The minimum absolute atomic E-state index is 0.273. The topological polar surface area (TPSA) is 114 Å². The van der Waals surface area contributed by atoms with Gasteiger partial charge in [0.15, 0.2) is 0 Å². The Kier molecular flexibility index (Phi) is 8.93. The van der Waals surface area contributed by atoms with Crippen molar-refractivity contribution in [3.8, 4) is 0 Å². The molecule has 35 heavy (non-hydrogen) atoms. The fraction of sp³-hybridized carbons (Fsp3) is 0.640. The average molecular weight is 492 g/mol. The van der Waals surface area contributed by atoms with E-state index in [1.165, 1.54) is 17.0 Å². The Bertz CT molecular complexity index is 908. The van der Waals surface area contributed by atoms with E-state index in [9.17, 15) is 18.8 Å². The maximum Gasteiger partial charge on any atom is 0.319 e. The number of carbonyl (C=O) groups is 3. The zero-order valence-corrected chi connectivity index (χ0v) is 20.9. The summed E-state index contributed by atoms with van der Waals surface area (Å²) in [6, 6.07) is 2.72. The number of urea groups is 1. The maximum absolute atomic E-state index is 14.0. The van der Waals surface area contributed by atoms with Crippen molar-refractivity contribution in [3.63, 3.8) is 0 Å². The van der Waals surface area contributed by atoms with Crippen molar-refractivity contribution in [1.82, 2.24) is 15.7 Å². The second-order valence-corrected chi connectivity index (χ2v) is 10.7. The van der Waals surface area contributed by atoms with Crippen LogP contribution in [0.3, 0.4) is 0 Å². The van der Waals surface area contributed by atoms with Gasteiger partial charge < -0.3 is 20.4 Å². The van der Waals surface area contributed by atoms with Gasteiger partial charge in [-0.1, -0.05) is 33.6 Å². The summed E-state index contributed by atoms with van der Waals surface area (Å²) in [5, 5.41) is 14.5. The molecule has 2 aliphatic rings. The van der Waals surface area contributed by atoms with Gasteiger partial charge in [-0.25, -0.2) is 14.7 Å². The van der Waals surface area contributed by atoms with E-state index in [1.807, 2.05) is 20.8 Å². The molecule has 0 radical (unpaired) electrons. The van der Waals surface area contributed by atoms with Crippen molar-refractivity contribution in [3.05, 3.63) is 24.0 Å². The van der Waals surface area contributed by atoms with Gasteiger partial charge in [-0.15, -0.1) is 0 Å². The largest absolute Gasteiger partial charge is 0.370 e. The quantitative estimate of drug-likeness (QED) is 0.328. The van der Waals surface area contributed by atoms with Crippen molar-refractivity contribution in [2.45, 2.75) is 65.3 Å². The highest BCUT2D eigenvalue weighted by Gasteiger charge is 2.37. The van der Waals surface area contributed by atoms with Crippen LogP contribution in [0.25, 0.3) is 0 Å². The summed E-state index contributed by atoms with van der Waals surface area (Å²) in [5.41, 5.74) is 2.00. The minimum Gasteiger partial charge on any atom is -0.370 e. The monoisotopic (exact) mass is 491 g/mol. The minimum atomic E-state index is -0.945. The van der Waals surface area contributed by atoms with Crippen molar-refractivity contribution >= 4 is 29.2 Å². The second kappa shape index (κ2) is 11.7. The SMILES string of the molecule is CC(C)(C)[C@H](NC(=O)Nc1cc(F)ccc1N1CCCC1)C(=O)N(CC(=O)NO)CC1CCCC1. The molecule has 0 aromatic heterocycles. The van der Waals surface area contributed by atoms with Crippen LogP contribution in [0.1, 0.15) is 59.3 Å². The van der Waals surface area contributed by atoms with Crippen molar-refractivity contribution < 1.29 is 24.0 Å². The molecule has 10 heteroatoms. The lowest BCUT2D eigenvalue weighted by atomic mass is 9.85. The summed E-state index contributed by atoms with van der Waals surface area (Å²) in [7, 11) is 0. The first-order valence-corrected chi connectivity index (χ1v) is 12.4. The molecule has 194 valence electrons. The molecule has 4 amide bonds. The lowest BCUT2D eigenvalue weighted by molar-refractivity contribution is -0.142. The number of anilines is 2. The van der Waals surface area contributed by atoms with Crippen LogP contribution in [0.2, 0.25) is 0 Å². The summed E-state index contributed by atoms with van der Waals surface area (Å²) in [4.78, 5) is 42.1. The van der Waals surface area contributed by atoms with Crippen molar-refractivity contribution in [1.29, 1.82) is 0 Å². The highest BCUT2D eigenvalue weighted by molar-refractivity contribution is 5.97. The van der Waals surface area contributed by atoms with Crippen molar-refractivity contribution in [2.75, 3.05) is 36.4 Å². The fourth-order valence-electron chi connectivity index (χ4n) is 4.91. The third-order valence-corrected chi connectivity index (χ3v) is 6.77. The van der Waals surface area contributed by atoms with Crippen LogP contribution in [0.15, 0.2) is 18.2 Å². The number of benzene rings is 1. The summed E-state index contributed by atoms with van der Waals surface area (Å²) >= 11 is 0. The summed E-state index contributed by atoms with van der Waals surface area (Å²) in [6.07, 6.45) is 6.16. The summed E-state index contributed by atoms with van der Waals surface area (Å²) in [5.74, 6) is -1.29. The zero-order chi connectivity index (χ0) is 25.6. The number of nitrogens with zero attached hydrogens (tertiary/aromatic N) is 2. The van der Waals surface area contributed by atoms with Gasteiger partial charge in [0.05, 0.1) is 11.4 Å². The first-order valence-electron chi connectivity index (χ1n) is 12.4. The molecule has 1 aromatic carbocycles. The molecule has 0 bridgehead atoms. The number of carbonyl (C=O) groups excluding carboxylic acids is 3. The van der Waals surface area contributed by atoms with E-state index in [0.29, 0.717) is 12.2 Å². The number of hydroxylamine groups is 1. The van der Waals surface area contributed by atoms with Gasteiger partial charge in [0.2, 0.25) is 5.91 Å². The van der Waals surface area contributed by atoms with Crippen LogP contribution in [0, 0.1) is 17.2 Å². The Balaban J connectivity index is 1.77. The third kappa shape index (κ3) is 7.30. The van der Waals surface area contributed by atoms with Crippen LogP contribution < -0.4 is 21.0 Å². The third-order valence-electron chi connectivity index (χ3n) is 6.77. The summed E-state index contributed by atoms with van der Waals surface area (Å²) < 4.78 is 14.0. The zero-order valence-electron chi connectivity index (χ0n) is 20.9. The Hall–Kier alpha value is -2.88. The standard InChI is InChI=1S/C25H38FN5O4/c1-25(2,3)22(23(33)31(16-21(32)29-35)15-17-8-4-5-9-17)28-24(34)27-19-14-18(26)10-11-20(19)30-12-6-7-13-30/h10-11,14,17,22,35H,4-9,12-13,15-16H2,1-3H3,(H,29,32)(H2,27,28,34)/t22-/m1/s1. The van der Waals surface area contributed by atoms with E-state index in [-0.39, 0.29) is 12.5 Å². The normalized spacial score (nSPS) is 17.2. The maximum atomic E-state index is 14.0. The van der Waals surface area contributed by atoms with E-state index >= 15 is 0 Å². The van der Waals surface area contributed by atoms with Crippen LogP contribution in [0.4, 0.5) is 20.6 Å². The molecule has 1 heterocycles. The van der Waals surface area contributed by atoms with Gasteiger partial charge in [0, 0.05) is 19.6 Å². The van der Waals surface area contributed by atoms with E-state index in [1.54, 1.807) is 11.5 Å². The molecule has 9 nitrogen and oxygen atoms in total. The van der Waals surface area contributed by atoms with Gasteiger partial charge >= 0.3 is 6.03 Å². The fourth-order valence-corrected chi connectivity index (χ4v) is 4.91. The van der Waals surface area contributed by atoms with Crippen LogP contribution in [-0.4, -0.2) is 60.2 Å². The van der Waals surface area contributed by atoms with Crippen LogP contribution in [0.5, 0.6) is 0 Å². The number of hydrogen-bond donors (Lipinski definition) is 4. The smallest absolute Gasteiger partial charge is 0.319 e. The van der Waals surface area contributed by atoms with Gasteiger partial charge in [-0.3, -0.25) is 14.8 Å². The highest BCUT2D eigenvalue weighted by atomic mass is 19.1. The first kappa shape index (κ1) is 26.7. The predicted octanol–water partition coefficient (Wildman–Crippen LogP) is 3.49. The number of hydrogen-bond acceptors (Lipinski definition) is 5. The Labute approximate surface area is 206 Å². The van der Waals surface area contributed by atoms with E-state index in [4.69, 9.17) is 5.21 Å². The van der Waals surface area contributed by atoms with Gasteiger partial charge in [-0.05, 0) is 55.2 Å². The summed E-state index contributed by atoms with van der Waals surface area (Å²) in [6.45, 7) is 7.21. The molecule has 0 spiro atoms. The first-order chi connectivity index (χ1) is 16.6. The lowest BCUT2D eigenvalue weighted by Gasteiger charge is -2.35. The number of halogens is 1. The Morgan fingerprint density at radius 1 is 1.14 bits per heavy atom. The number of nitrogens with one attached hydrogen (secondary N) is 3. The molecule has 0 unspecified atom stereocenters. The van der Waals surface area contributed by atoms with Gasteiger partial charge in [0.1, 0.15) is 18.4 Å². The van der Waals surface area contributed by atoms with Gasteiger partial charge in [-0.2, -0.15) is 0 Å². The molecule has 1 aliphatic heterocycles. The lowest BCUT2D eigenvalue weighted by Crippen LogP contribution is -2.57. The number of amides is 4. The van der Waals surface area contributed by atoms with Crippen molar-refractivity contribution in [2.24, 2.45) is 11.3 Å². The molecule has 1 saturated carbocycles. The predicted molar refractivity (Wildman–Crippen MR) is 132 cm³/mol.